The summed E-state index contributed by atoms with van der Waals surface area (Å²) in [5, 5.41) is 11.9. The lowest BCUT2D eigenvalue weighted by atomic mass is 9.76. The zero-order chi connectivity index (χ0) is 23.0. The summed E-state index contributed by atoms with van der Waals surface area (Å²) in [5.74, 6) is -0.0113. The van der Waals surface area contributed by atoms with Gasteiger partial charge in [0.1, 0.15) is 5.69 Å². The van der Waals surface area contributed by atoms with Crippen LogP contribution in [0.5, 0.6) is 11.5 Å². The fourth-order valence-electron chi connectivity index (χ4n) is 4.55. The van der Waals surface area contributed by atoms with E-state index in [1.165, 1.54) is 37.3 Å². The van der Waals surface area contributed by atoms with Crippen LogP contribution in [-0.4, -0.2) is 30.8 Å². The van der Waals surface area contributed by atoms with Crippen molar-refractivity contribution in [1.82, 2.24) is 0 Å². The van der Waals surface area contributed by atoms with E-state index in [9.17, 15) is 19.7 Å². The Kier molecular flexibility index (Phi) is 5.88. The number of benzene rings is 2. The highest BCUT2D eigenvalue weighted by Gasteiger charge is 2.42. The van der Waals surface area contributed by atoms with Crippen LogP contribution in [0.15, 0.2) is 47.7 Å². The number of Topliss-reactive ketones (excluding diaryl/α,β-unsaturated/α-hetero) is 1. The first-order valence-electron chi connectivity index (χ1n) is 10.1. The molecule has 0 bridgehead atoms. The maximum Gasteiger partial charge on any atom is 0.293 e. The first-order chi connectivity index (χ1) is 15.4. The summed E-state index contributed by atoms with van der Waals surface area (Å²) in [5.41, 5.74) is 1.47. The molecule has 4 rings (SSSR count). The van der Waals surface area contributed by atoms with Gasteiger partial charge in [-0.3, -0.25) is 24.6 Å². The predicted octanol–water partition coefficient (Wildman–Crippen LogP) is 4.79. The number of ether oxygens (including phenoxy) is 2. The minimum absolute atomic E-state index is 0.0439. The van der Waals surface area contributed by atoms with Crippen LogP contribution in [0.1, 0.15) is 37.2 Å². The van der Waals surface area contributed by atoms with E-state index in [0.29, 0.717) is 47.6 Å². The number of ketones is 1. The zero-order valence-corrected chi connectivity index (χ0v) is 18.3. The number of hydrogen-bond donors (Lipinski definition) is 0. The molecule has 166 valence electrons. The van der Waals surface area contributed by atoms with Gasteiger partial charge in [0.25, 0.3) is 5.69 Å². The number of anilines is 1. The van der Waals surface area contributed by atoms with Gasteiger partial charge in [-0.25, -0.2) is 0 Å². The van der Waals surface area contributed by atoms with Crippen LogP contribution in [0.2, 0.25) is 5.02 Å². The third-order valence-electron chi connectivity index (χ3n) is 5.86. The summed E-state index contributed by atoms with van der Waals surface area (Å²) in [6.07, 6.45) is 1.30. The Balaban J connectivity index is 1.94. The van der Waals surface area contributed by atoms with Crippen molar-refractivity contribution < 1.29 is 24.0 Å². The van der Waals surface area contributed by atoms with Gasteiger partial charge < -0.3 is 9.47 Å². The molecule has 1 heterocycles. The Morgan fingerprint density at radius 3 is 2.59 bits per heavy atom. The molecule has 2 aromatic carbocycles. The Hall–Kier alpha value is -3.39. The number of methoxy groups -OCH3 is 2. The summed E-state index contributed by atoms with van der Waals surface area (Å²) in [6, 6.07) is 9.41. The number of halogens is 1. The second-order valence-electron chi connectivity index (χ2n) is 7.60. The Bertz CT molecular complexity index is 1160. The van der Waals surface area contributed by atoms with Gasteiger partial charge in [0.15, 0.2) is 17.3 Å². The van der Waals surface area contributed by atoms with Crippen LogP contribution >= 0.6 is 11.6 Å². The second-order valence-corrected chi connectivity index (χ2v) is 8.03. The standard InChI is InChI=1S/C23H21ClN2O6/c1-31-20-8-3-5-14(23(20)32-2)15-12-21(28)25(17-6-4-7-19(27)22(15)17)18-11-13(24)9-10-16(18)26(29)30/h3,5,8-11,15H,4,6-7,12H2,1-2H3. The van der Waals surface area contributed by atoms with Crippen molar-refractivity contribution in [3.8, 4) is 11.5 Å². The lowest BCUT2D eigenvalue weighted by Crippen LogP contribution is -2.41. The number of nitro benzene ring substituents is 1. The summed E-state index contributed by atoms with van der Waals surface area (Å²) in [6.45, 7) is 0. The molecule has 9 heteroatoms. The highest BCUT2D eigenvalue weighted by atomic mass is 35.5. The Morgan fingerprint density at radius 2 is 1.91 bits per heavy atom. The maximum absolute atomic E-state index is 13.4. The molecule has 0 aromatic heterocycles. The van der Waals surface area contributed by atoms with E-state index in [4.69, 9.17) is 21.1 Å². The normalized spacial score (nSPS) is 18.5. The van der Waals surface area contributed by atoms with Crippen LogP contribution in [0, 0.1) is 10.1 Å². The van der Waals surface area contributed by atoms with Crippen molar-refractivity contribution >= 4 is 34.7 Å². The highest BCUT2D eigenvalue weighted by molar-refractivity contribution is 6.31. The number of amides is 1. The molecule has 1 aliphatic carbocycles. The molecular weight excluding hydrogens is 436 g/mol. The molecule has 1 amide bonds. The molecule has 0 fully saturated rings. The van der Waals surface area contributed by atoms with Gasteiger partial charge in [0, 0.05) is 46.7 Å². The average Bonchev–Trinajstić information content (AvgIpc) is 2.77. The Labute approximate surface area is 189 Å². The zero-order valence-electron chi connectivity index (χ0n) is 17.6. The fourth-order valence-corrected chi connectivity index (χ4v) is 4.72. The predicted molar refractivity (Wildman–Crippen MR) is 118 cm³/mol. The van der Waals surface area contributed by atoms with Crippen LogP contribution in [0.4, 0.5) is 11.4 Å². The molecule has 2 aliphatic rings. The van der Waals surface area contributed by atoms with Gasteiger partial charge in [0.05, 0.1) is 19.1 Å². The van der Waals surface area contributed by atoms with E-state index in [1.807, 2.05) is 6.07 Å². The third-order valence-corrected chi connectivity index (χ3v) is 6.09. The van der Waals surface area contributed by atoms with Gasteiger partial charge >= 0.3 is 0 Å². The van der Waals surface area contributed by atoms with E-state index in [0.717, 1.165) is 0 Å². The number of carbonyl (C=O) groups excluding carboxylic acids is 2. The summed E-state index contributed by atoms with van der Waals surface area (Å²) in [4.78, 5) is 38.9. The van der Waals surface area contributed by atoms with Crippen LogP contribution in [0.25, 0.3) is 0 Å². The van der Waals surface area contributed by atoms with E-state index in [1.54, 1.807) is 12.1 Å². The van der Waals surface area contributed by atoms with Gasteiger partial charge in [-0.05, 0) is 31.0 Å². The van der Waals surface area contributed by atoms with Gasteiger partial charge in [0.2, 0.25) is 5.91 Å². The van der Waals surface area contributed by atoms with Crippen LogP contribution < -0.4 is 14.4 Å². The summed E-state index contributed by atoms with van der Waals surface area (Å²) < 4.78 is 11.0. The van der Waals surface area contributed by atoms with Crippen molar-refractivity contribution in [3.05, 3.63) is 68.4 Å². The van der Waals surface area contributed by atoms with E-state index in [2.05, 4.69) is 0 Å². The van der Waals surface area contributed by atoms with Crippen molar-refractivity contribution in [2.75, 3.05) is 19.1 Å². The number of allylic oxidation sites excluding steroid dienone is 2. The minimum atomic E-state index is -0.555. The molecule has 0 saturated heterocycles. The fraction of sp³-hybridized carbons (Fsp3) is 0.304. The molecule has 1 unspecified atom stereocenters. The highest BCUT2D eigenvalue weighted by Crippen LogP contribution is 2.48. The SMILES string of the molecule is COc1cccc(C2CC(=O)N(c3cc(Cl)ccc3[N+](=O)[O-])C3=C2C(=O)CCC3)c1OC. The largest absolute Gasteiger partial charge is 0.493 e. The van der Waals surface area contributed by atoms with Gasteiger partial charge in [-0.1, -0.05) is 23.7 Å². The lowest BCUT2D eigenvalue weighted by molar-refractivity contribution is -0.384. The molecule has 0 saturated carbocycles. The van der Waals surface area contributed by atoms with Crippen LogP contribution in [0.3, 0.4) is 0 Å². The molecular formula is C23H21ClN2O6. The average molecular weight is 457 g/mol. The Morgan fingerprint density at radius 1 is 1.12 bits per heavy atom. The maximum atomic E-state index is 13.4. The molecule has 2 aromatic rings. The number of nitro groups is 1. The summed E-state index contributed by atoms with van der Waals surface area (Å²) in [7, 11) is 3.02. The molecule has 1 atom stereocenters. The number of para-hydroxylation sites is 1. The van der Waals surface area contributed by atoms with E-state index >= 15 is 0 Å². The van der Waals surface area contributed by atoms with E-state index in [-0.39, 0.29) is 34.5 Å². The minimum Gasteiger partial charge on any atom is -0.493 e. The summed E-state index contributed by atoms with van der Waals surface area (Å²) >= 11 is 6.12. The molecule has 32 heavy (non-hydrogen) atoms. The van der Waals surface area contributed by atoms with Crippen LogP contribution in [-0.2, 0) is 9.59 Å². The molecule has 8 nitrogen and oxygen atoms in total. The number of carbonyl (C=O) groups is 2. The first kappa shape index (κ1) is 21.8. The quantitative estimate of drug-likeness (QED) is 0.473. The lowest BCUT2D eigenvalue weighted by Gasteiger charge is -2.38. The topological polar surface area (TPSA) is 99.0 Å². The first-order valence-corrected chi connectivity index (χ1v) is 10.5. The number of rotatable bonds is 5. The second kappa shape index (κ2) is 8.63. The third kappa shape index (κ3) is 3.60. The van der Waals surface area contributed by atoms with Gasteiger partial charge in [-0.2, -0.15) is 0 Å². The van der Waals surface area contributed by atoms with Crippen molar-refractivity contribution in [1.29, 1.82) is 0 Å². The number of nitrogens with zero attached hydrogens (tertiary/aromatic N) is 2. The smallest absolute Gasteiger partial charge is 0.293 e. The number of hydrogen-bond acceptors (Lipinski definition) is 6. The van der Waals surface area contributed by atoms with Crippen molar-refractivity contribution in [2.45, 2.75) is 31.6 Å². The van der Waals surface area contributed by atoms with E-state index < -0.39 is 10.8 Å². The van der Waals surface area contributed by atoms with Crippen molar-refractivity contribution in [3.63, 3.8) is 0 Å². The van der Waals surface area contributed by atoms with Crippen molar-refractivity contribution in [2.24, 2.45) is 0 Å². The molecule has 1 aliphatic heterocycles. The molecule has 0 radical (unpaired) electrons. The van der Waals surface area contributed by atoms with Gasteiger partial charge in [-0.15, -0.1) is 0 Å². The molecule has 0 N–H and O–H groups in total. The molecule has 0 spiro atoms. The monoisotopic (exact) mass is 456 g/mol.